The third kappa shape index (κ3) is 3.90. The van der Waals surface area contributed by atoms with Gasteiger partial charge < -0.3 is 24.6 Å². The molecule has 0 saturated carbocycles. The molecule has 158 valence electrons. The first-order valence-electron chi connectivity index (χ1n) is 9.59. The molecule has 1 aliphatic heterocycles. The maximum Gasteiger partial charge on any atom is 0.164 e. The van der Waals surface area contributed by atoms with E-state index in [9.17, 15) is 20.6 Å². The predicted octanol–water partition coefficient (Wildman–Crippen LogP) is 3.69. The van der Waals surface area contributed by atoms with Crippen LogP contribution in [0.5, 0.6) is 0 Å². The molecule has 3 N–H and O–H groups in total. The number of hydrogen-bond acceptors (Lipinski definition) is 6. The Bertz CT molecular complexity index is 1190. The number of nitrogens with zero attached hydrogens (tertiary/aromatic N) is 2. The first-order valence-corrected chi connectivity index (χ1v) is 10.4. The largest absolute Gasteiger partial charge is 0.394 e. The van der Waals surface area contributed by atoms with Crippen LogP contribution in [-0.4, -0.2) is 44.8 Å². The maximum atomic E-state index is 10.6. The second-order valence-electron chi connectivity index (χ2n) is 7.21. The van der Waals surface area contributed by atoms with Crippen molar-refractivity contribution in [1.29, 1.82) is 5.26 Å². The average molecular weight is 455 g/mol. The maximum absolute atomic E-state index is 10.6. The van der Waals surface area contributed by atoms with Crippen molar-refractivity contribution in [3.8, 4) is 28.5 Å². The number of halogens is 1. The van der Waals surface area contributed by atoms with E-state index in [2.05, 4.69) is 6.07 Å². The second kappa shape index (κ2) is 8.89. The van der Waals surface area contributed by atoms with Crippen LogP contribution in [0, 0.1) is 16.0 Å². The number of ether oxygens (including phenoxy) is 1. The zero-order valence-electron chi connectivity index (χ0n) is 16.2. The Hall–Kier alpha value is -2.57. The molecule has 3 aromatic rings. The molecule has 0 aliphatic carbocycles. The highest BCUT2D eigenvalue weighted by molar-refractivity contribution is 7.71. The number of nitriles is 1. The van der Waals surface area contributed by atoms with Crippen molar-refractivity contribution in [1.82, 2.24) is 4.57 Å². The number of pyridine rings is 1. The Morgan fingerprint density at radius 1 is 1.03 bits per heavy atom. The molecule has 4 atom stereocenters. The van der Waals surface area contributed by atoms with Crippen molar-refractivity contribution in [2.45, 2.75) is 24.5 Å². The summed E-state index contributed by atoms with van der Waals surface area (Å²) in [6, 6.07) is 20.4. The summed E-state index contributed by atoms with van der Waals surface area (Å²) in [6.45, 7) is -0.467. The molecule has 4 rings (SSSR count). The van der Waals surface area contributed by atoms with E-state index in [0.717, 1.165) is 11.1 Å². The smallest absolute Gasteiger partial charge is 0.164 e. The lowest BCUT2D eigenvalue weighted by atomic mass is 9.98. The molecule has 0 spiro atoms. The van der Waals surface area contributed by atoms with Crippen molar-refractivity contribution >= 4 is 23.8 Å². The van der Waals surface area contributed by atoms with E-state index in [-0.39, 0.29) is 10.2 Å². The van der Waals surface area contributed by atoms with Crippen LogP contribution in [0.3, 0.4) is 0 Å². The minimum atomic E-state index is -1.34. The van der Waals surface area contributed by atoms with Gasteiger partial charge in [-0.15, -0.1) is 0 Å². The lowest BCUT2D eigenvalue weighted by molar-refractivity contribution is -0.0527. The highest BCUT2D eigenvalue weighted by Crippen LogP contribution is 2.38. The van der Waals surface area contributed by atoms with Crippen LogP contribution in [0.25, 0.3) is 22.4 Å². The summed E-state index contributed by atoms with van der Waals surface area (Å²) < 4.78 is 7.42. The minimum absolute atomic E-state index is 0.156. The molecule has 1 fully saturated rings. The molecule has 6 nitrogen and oxygen atoms in total. The molecule has 31 heavy (non-hydrogen) atoms. The van der Waals surface area contributed by atoms with E-state index in [1.165, 1.54) is 4.57 Å². The number of aromatic nitrogens is 1. The first kappa shape index (κ1) is 21.7. The van der Waals surface area contributed by atoms with E-state index < -0.39 is 31.1 Å². The van der Waals surface area contributed by atoms with Gasteiger partial charge in [-0.25, -0.2) is 0 Å². The molecule has 0 unspecified atom stereocenters. The number of aliphatic hydroxyl groups is 3. The minimum Gasteiger partial charge on any atom is -0.394 e. The Morgan fingerprint density at radius 2 is 1.71 bits per heavy atom. The van der Waals surface area contributed by atoms with Gasteiger partial charge >= 0.3 is 0 Å². The zero-order chi connectivity index (χ0) is 22.1. The standard InChI is InChI=1S/C23H19ClN2O4S/c24-15-8-6-14(7-9-15)18-10-16(13-4-2-1-3-5-13)17(11-25)23(31)26(18)22-21(29)20(28)19(12-27)30-22/h1-10,19-22,27-29H,12H2/t19-,20-,21-,22-/m1/s1. The van der Waals surface area contributed by atoms with E-state index in [4.69, 9.17) is 28.6 Å². The third-order valence-corrected chi connectivity index (χ3v) is 6.00. The summed E-state index contributed by atoms with van der Waals surface area (Å²) in [7, 11) is 0. The van der Waals surface area contributed by atoms with E-state index in [0.29, 0.717) is 16.3 Å². The number of rotatable bonds is 4. The fourth-order valence-corrected chi connectivity index (χ4v) is 4.25. The highest BCUT2D eigenvalue weighted by Gasteiger charge is 2.44. The molecular weight excluding hydrogens is 436 g/mol. The molecule has 8 heteroatoms. The SMILES string of the molecule is N#Cc1c(-c2ccccc2)cc(-c2ccc(Cl)cc2)n([C@@H]2O[C@H](CO)[C@@H](O)[C@H]2O)c1=S. The van der Waals surface area contributed by atoms with Gasteiger partial charge in [0.1, 0.15) is 29.0 Å². The lowest BCUT2D eigenvalue weighted by Crippen LogP contribution is -2.33. The van der Waals surface area contributed by atoms with Gasteiger partial charge in [0, 0.05) is 10.6 Å². The topological polar surface area (TPSA) is 98.6 Å². The van der Waals surface area contributed by atoms with Crippen molar-refractivity contribution in [2.75, 3.05) is 6.61 Å². The summed E-state index contributed by atoms with van der Waals surface area (Å²) in [6.07, 6.45) is -4.69. The summed E-state index contributed by atoms with van der Waals surface area (Å²) >= 11 is 11.7. The highest BCUT2D eigenvalue weighted by atomic mass is 35.5. The van der Waals surface area contributed by atoms with Crippen LogP contribution in [0.2, 0.25) is 5.02 Å². The van der Waals surface area contributed by atoms with Gasteiger partial charge in [0.05, 0.1) is 17.9 Å². The zero-order valence-corrected chi connectivity index (χ0v) is 17.8. The molecule has 1 aliphatic rings. The fraction of sp³-hybridized carbons (Fsp3) is 0.217. The molecule has 2 aromatic carbocycles. The summed E-state index contributed by atoms with van der Waals surface area (Å²) in [5, 5.41) is 40.9. The monoisotopic (exact) mass is 454 g/mol. The Morgan fingerprint density at radius 3 is 2.29 bits per heavy atom. The van der Waals surface area contributed by atoms with Gasteiger partial charge in [-0.2, -0.15) is 5.26 Å². The van der Waals surface area contributed by atoms with Crippen LogP contribution in [-0.2, 0) is 4.74 Å². The quantitative estimate of drug-likeness (QED) is 0.520. The van der Waals surface area contributed by atoms with Crippen LogP contribution in [0.1, 0.15) is 11.8 Å². The van der Waals surface area contributed by atoms with E-state index >= 15 is 0 Å². The van der Waals surface area contributed by atoms with Crippen molar-refractivity contribution < 1.29 is 20.1 Å². The number of aliphatic hydroxyl groups excluding tert-OH is 3. The summed E-state index contributed by atoms with van der Waals surface area (Å²) in [4.78, 5) is 0. The van der Waals surface area contributed by atoms with Gasteiger partial charge in [-0.05, 0) is 29.3 Å². The van der Waals surface area contributed by atoms with Gasteiger partial charge in [0.2, 0.25) is 0 Å². The van der Waals surface area contributed by atoms with Crippen LogP contribution in [0.15, 0.2) is 60.7 Å². The molecule has 0 bridgehead atoms. The fourth-order valence-electron chi connectivity index (χ4n) is 3.77. The van der Waals surface area contributed by atoms with Gasteiger partial charge in [-0.1, -0.05) is 66.3 Å². The summed E-state index contributed by atoms with van der Waals surface area (Å²) in [5.74, 6) is 0. The van der Waals surface area contributed by atoms with Crippen molar-refractivity contribution in [3.63, 3.8) is 0 Å². The molecule has 2 heterocycles. The first-order chi connectivity index (χ1) is 15.0. The number of hydrogen-bond donors (Lipinski definition) is 3. The lowest BCUT2D eigenvalue weighted by Gasteiger charge is -2.25. The van der Waals surface area contributed by atoms with Crippen LogP contribution >= 0.6 is 23.8 Å². The second-order valence-corrected chi connectivity index (χ2v) is 8.03. The van der Waals surface area contributed by atoms with Crippen molar-refractivity contribution in [3.05, 3.63) is 75.9 Å². The van der Waals surface area contributed by atoms with Gasteiger partial charge in [0.25, 0.3) is 0 Å². The predicted molar refractivity (Wildman–Crippen MR) is 119 cm³/mol. The van der Waals surface area contributed by atoms with Crippen LogP contribution in [0.4, 0.5) is 0 Å². The average Bonchev–Trinajstić information content (AvgIpc) is 3.08. The Kier molecular flexibility index (Phi) is 6.21. The molecular formula is C23H19ClN2O4S. The third-order valence-electron chi connectivity index (χ3n) is 5.35. The Labute approximate surface area is 189 Å². The van der Waals surface area contributed by atoms with Crippen molar-refractivity contribution in [2.24, 2.45) is 0 Å². The molecule has 1 aromatic heterocycles. The molecule has 1 saturated heterocycles. The normalized spacial score (nSPS) is 22.9. The van der Waals surface area contributed by atoms with E-state index in [1.54, 1.807) is 24.3 Å². The van der Waals surface area contributed by atoms with Crippen LogP contribution < -0.4 is 0 Å². The Balaban J connectivity index is 2.01. The summed E-state index contributed by atoms with van der Waals surface area (Å²) in [5.41, 5.74) is 3.01. The van der Waals surface area contributed by atoms with E-state index in [1.807, 2.05) is 36.4 Å². The molecule has 0 amide bonds. The number of benzene rings is 2. The van der Waals surface area contributed by atoms with Gasteiger partial charge in [0.15, 0.2) is 6.23 Å². The van der Waals surface area contributed by atoms with Gasteiger partial charge in [-0.3, -0.25) is 0 Å². The molecule has 0 radical (unpaired) electrons.